The highest BCUT2D eigenvalue weighted by molar-refractivity contribution is 8.08. The number of aliphatic carboxylic acids is 1. The van der Waals surface area contributed by atoms with Crippen LogP contribution in [0.3, 0.4) is 0 Å². The first-order valence-corrected chi connectivity index (χ1v) is 9.03. The molecule has 112 valence electrons. The van der Waals surface area contributed by atoms with Gasteiger partial charge in [0, 0.05) is 13.0 Å². The second-order valence-electron chi connectivity index (χ2n) is 3.57. The van der Waals surface area contributed by atoms with Gasteiger partial charge in [0.2, 0.25) is 5.88 Å². The highest BCUT2D eigenvalue weighted by Crippen LogP contribution is 2.42. The van der Waals surface area contributed by atoms with Crippen molar-refractivity contribution < 1.29 is 19.3 Å². The number of pyridine rings is 1. The van der Waals surface area contributed by atoms with Gasteiger partial charge in [0.15, 0.2) is 5.15 Å². The molecule has 0 amide bonds. The molecule has 1 aromatic heterocycles. The molecule has 0 aromatic carbocycles. The Morgan fingerprint density at radius 1 is 1.45 bits per heavy atom. The fourth-order valence-electron chi connectivity index (χ4n) is 1.10. The number of carboxylic acid groups (broad SMARTS) is 1. The Morgan fingerprint density at radius 3 is 2.70 bits per heavy atom. The lowest BCUT2D eigenvalue weighted by molar-refractivity contribution is -0.137. The third kappa shape index (κ3) is 6.10. The van der Waals surface area contributed by atoms with Gasteiger partial charge < -0.3 is 14.5 Å². The largest absolute Gasteiger partial charge is 0.481 e. The lowest BCUT2D eigenvalue weighted by Gasteiger charge is -2.17. The molecule has 0 spiro atoms. The molecule has 0 saturated heterocycles. The van der Waals surface area contributed by atoms with Crippen LogP contribution in [0.15, 0.2) is 6.07 Å². The van der Waals surface area contributed by atoms with Crippen molar-refractivity contribution in [3.63, 3.8) is 0 Å². The molecule has 1 aromatic rings. The van der Waals surface area contributed by atoms with E-state index in [1.54, 1.807) is 0 Å². The summed E-state index contributed by atoms with van der Waals surface area (Å²) in [4.78, 5) is 24.0. The van der Waals surface area contributed by atoms with E-state index in [0.29, 0.717) is 6.42 Å². The van der Waals surface area contributed by atoms with Crippen molar-refractivity contribution in [3.8, 4) is 5.88 Å². The van der Waals surface area contributed by atoms with Crippen LogP contribution < -0.4 is 9.61 Å². The lowest BCUT2D eigenvalue weighted by atomic mass is 10.3. The number of nitrogens with zero attached hydrogens (tertiary/aromatic N) is 1. The van der Waals surface area contributed by atoms with Gasteiger partial charge in [0.1, 0.15) is 5.02 Å². The predicted molar refractivity (Wildman–Crippen MR) is 81.3 cm³/mol. The van der Waals surface area contributed by atoms with Crippen molar-refractivity contribution in [3.05, 3.63) is 21.3 Å². The first-order valence-electron chi connectivity index (χ1n) is 5.22. The van der Waals surface area contributed by atoms with Gasteiger partial charge in [-0.15, -0.1) is 0 Å². The van der Waals surface area contributed by atoms with Crippen LogP contribution in [-0.2, 0) is 16.6 Å². The second kappa shape index (κ2) is 7.75. The van der Waals surface area contributed by atoms with Gasteiger partial charge in [0.05, 0.1) is 5.02 Å². The van der Waals surface area contributed by atoms with Gasteiger partial charge in [-0.3, -0.25) is 4.79 Å². The maximum absolute atomic E-state index is 10.3. The standard InChI is InChI=1S/C9H10Cl3N2O4PS/c10-5-4-6(11)9(14-8(5)12)18-19(17,20)13-3-1-2-7(15)16/h4H,1-3H2,(H,15,16)(H2,13,17,20). The molecule has 3 N–H and O–H groups in total. The quantitative estimate of drug-likeness (QED) is 0.381. The summed E-state index contributed by atoms with van der Waals surface area (Å²) < 4.78 is 5.11. The van der Waals surface area contributed by atoms with Crippen LogP contribution in [0.1, 0.15) is 12.8 Å². The molecular formula is C9H10Cl3N2O4PS. The molecule has 1 rings (SSSR count). The topological polar surface area (TPSA) is 91.7 Å². The molecule has 0 bridgehead atoms. The molecule has 1 unspecified atom stereocenters. The lowest BCUT2D eigenvalue weighted by Crippen LogP contribution is -2.16. The maximum Gasteiger partial charge on any atom is 0.311 e. The van der Waals surface area contributed by atoms with Crippen LogP contribution >= 0.6 is 41.4 Å². The van der Waals surface area contributed by atoms with E-state index >= 15 is 0 Å². The van der Waals surface area contributed by atoms with E-state index < -0.39 is 12.6 Å². The molecule has 6 nitrogen and oxygen atoms in total. The molecule has 0 radical (unpaired) electrons. The van der Waals surface area contributed by atoms with Crippen molar-refractivity contribution in [2.45, 2.75) is 12.8 Å². The van der Waals surface area contributed by atoms with Crippen LogP contribution in [0, 0.1) is 0 Å². The van der Waals surface area contributed by atoms with E-state index in [1.807, 2.05) is 0 Å². The summed E-state index contributed by atoms with van der Waals surface area (Å²) in [5.74, 6) is -1.08. The van der Waals surface area contributed by atoms with Gasteiger partial charge >= 0.3 is 12.6 Å². The van der Waals surface area contributed by atoms with Crippen molar-refractivity contribution in [1.29, 1.82) is 0 Å². The Morgan fingerprint density at radius 2 is 2.10 bits per heavy atom. The molecule has 1 heterocycles. The van der Waals surface area contributed by atoms with Gasteiger partial charge in [0.25, 0.3) is 0 Å². The normalized spacial score (nSPS) is 13.8. The number of halogens is 3. The zero-order valence-corrected chi connectivity index (χ0v) is 13.8. The molecule has 11 heteroatoms. The number of carbonyl (C=O) groups is 1. The fraction of sp³-hybridized carbons (Fsp3) is 0.333. The van der Waals surface area contributed by atoms with Gasteiger partial charge in [-0.2, -0.15) is 4.98 Å². The molecule has 1 atom stereocenters. The summed E-state index contributed by atoms with van der Waals surface area (Å²) in [6, 6.07) is 1.31. The molecule has 0 aliphatic rings. The SMILES string of the molecule is O=C(O)CCCNP(O)(=S)Oc1nc(Cl)c(Cl)cc1Cl. The number of nitrogens with one attached hydrogen (secondary N) is 1. The molecular weight excluding hydrogens is 370 g/mol. The average Bonchev–Trinajstić information content (AvgIpc) is 2.31. The van der Waals surface area contributed by atoms with Crippen molar-refractivity contribution >= 4 is 59.2 Å². The number of hydrogen-bond acceptors (Lipinski definition) is 4. The van der Waals surface area contributed by atoms with Crippen LogP contribution in [0.25, 0.3) is 0 Å². The second-order valence-corrected chi connectivity index (χ2v) is 7.76. The highest BCUT2D eigenvalue weighted by Gasteiger charge is 2.19. The Balaban J connectivity index is 2.64. The van der Waals surface area contributed by atoms with Gasteiger partial charge in [-0.1, -0.05) is 34.8 Å². The third-order valence-corrected chi connectivity index (χ3v) is 4.54. The van der Waals surface area contributed by atoms with E-state index in [9.17, 15) is 9.69 Å². The fourth-order valence-corrected chi connectivity index (χ4v) is 3.05. The number of hydrogen-bond donors (Lipinski definition) is 3. The summed E-state index contributed by atoms with van der Waals surface area (Å²) in [6.45, 7) is -3.21. The predicted octanol–water partition coefficient (Wildman–Crippen LogP) is 3.09. The van der Waals surface area contributed by atoms with Crippen molar-refractivity contribution in [2.75, 3.05) is 6.54 Å². The monoisotopic (exact) mass is 378 g/mol. The average molecular weight is 380 g/mol. The van der Waals surface area contributed by atoms with E-state index in [0.717, 1.165) is 0 Å². The molecule has 0 aliphatic heterocycles. The zero-order chi connectivity index (χ0) is 15.3. The first kappa shape index (κ1) is 17.9. The van der Waals surface area contributed by atoms with Gasteiger partial charge in [-0.25, -0.2) is 5.09 Å². The molecule has 0 fully saturated rings. The minimum Gasteiger partial charge on any atom is -0.481 e. The van der Waals surface area contributed by atoms with E-state index in [2.05, 4.69) is 10.1 Å². The molecule has 20 heavy (non-hydrogen) atoms. The van der Waals surface area contributed by atoms with E-state index in [-0.39, 0.29) is 34.0 Å². The highest BCUT2D eigenvalue weighted by atomic mass is 35.5. The Labute approximate surface area is 135 Å². The summed E-state index contributed by atoms with van der Waals surface area (Å²) in [6.07, 6.45) is 0.244. The Kier molecular flexibility index (Phi) is 6.94. The Bertz CT molecular complexity index is 560. The van der Waals surface area contributed by atoms with E-state index in [1.165, 1.54) is 6.07 Å². The zero-order valence-electron chi connectivity index (χ0n) is 9.85. The maximum atomic E-state index is 10.3. The van der Waals surface area contributed by atoms with Crippen LogP contribution in [0.4, 0.5) is 0 Å². The van der Waals surface area contributed by atoms with Crippen LogP contribution in [0.5, 0.6) is 5.88 Å². The molecule has 0 aliphatic carbocycles. The van der Waals surface area contributed by atoms with Crippen LogP contribution in [0.2, 0.25) is 15.2 Å². The third-order valence-electron chi connectivity index (χ3n) is 1.94. The van der Waals surface area contributed by atoms with Crippen LogP contribution in [-0.4, -0.2) is 27.5 Å². The summed E-state index contributed by atoms with van der Waals surface area (Å²) in [5.41, 5.74) is 0. The number of rotatable bonds is 7. The van der Waals surface area contributed by atoms with Crippen molar-refractivity contribution in [1.82, 2.24) is 10.1 Å². The summed E-state index contributed by atoms with van der Waals surface area (Å²) >= 11 is 22.1. The van der Waals surface area contributed by atoms with E-state index in [4.69, 9.17) is 56.2 Å². The minimum absolute atomic E-state index is 0.0352. The smallest absolute Gasteiger partial charge is 0.311 e. The summed E-state index contributed by atoms with van der Waals surface area (Å²) in [5, 5.41) is 11.2. The molecule has 0 saturated carbocycles. The minimum atomic E-state index is -3.39. The number of carboxylic acids is 1. The Hall–Kier alpha value is -0.140. The number of aromatic nitrogens is 1. The van der Waals surface area contributed by atoms with Gasteiger partial charge in [-0.05, 0) is 24.3 Å². The first-order chi connectivity index (χ1) is 9.21. The van der Waals surface area contributed by atoms with Crippen molar-refractivity contribution in [2.24, 2.45) is 0 Å². The summed E-state index contributed by atoms with van der Waals surface area (Å²) in [7, 11) is 0.